The average molecular weight is 277 g/mol. The predicted octanol–water partition coefficient (Wildman–Crippen LogP) is 2.40. The lowest BCUT2D eigenvalue weighted by Gasteiger charge is -2.11. The maximum absolute atomic E-state index is 5.88. The van der Waals surface area contributed by atoms with Crippen LogP contribution < -0.4 is 5.73 Å². The molecule has 0 atom stereocenters. The van der Waals surface area contributed by atoms with Gasteiger partial charge >= 0.3 is 0 Å². The number of hydrogen-bond donors (Lipinski definition) is 1. The van der Waals surface area contributed by atoms with Gasteiger partial charge in [0.2, 0.25) is 0 Å². The van der Waals surface area contributed by atoms with Crippen molar-refractivity contribution in [1.29, 1.82) is 0 Å². The highest BCUT2D eigenvalue weighted by molar-refractivity contribution is 5.63. The van der Waals surface area contributed by atoms with E-state index in [2.05, 4.69) is 15.0 Å². The van der Waals surface area contributed by atoms with Crippen molar-refractivity contribution < 1.29 is 0 Å². The first kappa shape index (κ1) is 12.1. The van der Waals surface area contributed by atoms with Crippen LogP contribution in [0.2, 0.25) is 0 Å². The van der Waals surface area contributed by atoms with Crippen molar-refractivity contribution in [3.05, 3.63) is 54.2 Å². The highest BCUT2D eigenvalue weighted by atomic mass is 15.1. The highest BCUT2D eigenvalue weighted by Crippen LogP contribution is 2.28. The lowest BCUT2D eigenvalue weighted by molar-refractivity contribution is 0.896. The summed E-state index contributed by atoms with van der Waals surface area (Å²) < 4.78 is 2.03. The third kappa shape index (κ3) is 1.98. The van der Waals surface area contributed by atoms with Crippen LogP contribution in [0, 0.1) is 0 Å². The summed E-state index contributed by atoms with van der Waals surface area (Å²) in [6.45, 7) is 0. The van der Waals surface area contributed by atoms with Crippen LogP contribution in [0.25, 0.3) is 17.2 Å². The molecule has 0 amide bonds. The van der Waals surface area contributed by atoms with Crippen LogP contribution in [-0.4, -0.2) is 19.5 Å². The van der Waals surface area contributed by atoms with Crippen molar-refractivity contribution in [2.75, 3.05) is 5.73 Å². The monoisotopic (exact) mass is 277 g/mol. The summed E-state index contributed by atoms with van der Waals surface area (Å²) in [6, 6.07) is 7.75. The summed E-state index contributed by atoms with van der Waals surface area (Å²) in [5.74, 6) is 1.79. The Labute approximate surface area is 122 Å². The Morgan fingerprint density at radius 2 is 2.05 bits per heavy atom. The van der Waals surface area contributed by atoms with Crippen molar-refractivity contribution in [3.8, 4) is 17.2 Å². The van der Waals surface area contributed by atoms with Crippen molar-refractivity contribution in [2.45, 2.75) is 19.3 Å². The molecule has 0 spiro atoms. The van der Waals surface area contributed by atoms with Gasteiger partial charge in [0.25, 0.3) is 0 Å². The zero-order valence-corrected chi connectivity index (χ0v) is 11.5. The molecule has 1 aliphatic rings. The SMILES string of the molecule is Nc1cccc(-c2nccn2-c2ncnc3c2CCC3)c1. The number of nitrogens with two attached hydrogens (primary N) is 1. The molecular formula is C16H15N5. The molecule has 4 rings (SSSR count). The molecule has 2 N–H and O–H groups in total. The molecule has 5 nitrogen and oxygen atoms in total. The normalized spacial score (nSPS) is 13.3. The lowest BCUT2D eigenvalue weighted by atomic mass is 10.2. The van der Waals surface area contributed by atoms with Gasteiger partial charge < -0.3 is 5.73 Å². The maximum Gasteiger partial charge on any atom is 0.145 e. The van der Waals surface area contributed by atoms with Crippen LogP contribution in [0.3, 0.4) is 0 Å². The Hall–Kier alpha value is -2.69. The molecule has 1 aromatic carbocycles. The Kier molecular flexibility index (Phi) is 2.70. The molecule has 0 aliphatic heterocycles. The van der Waals surface area contributed by atoms with E-state index in [1.54, 1.807) is 12.5 Å². The van der Waals surface area contributed by atoms with Crippen LogP contribution in [0.4, 0.5) is 5.69 Å². The Morgan fingerprint density at radius 3 is 2.95 bits per heavy atom. The number of aromatic nitrogens is 4. The molecule has 0 unspecified atom stereocenters. The lowest BCUT2D eigenvalue weighted by Crippen LogP contribution is -2.05. The second-order valence-corrected chi connectivity index (χ2v) is 5.22. The van der Waals surface area contributed by atoms with Gasteiger partial charge in [-0.1, -0.05) is 12.1 Å². The van der Waals surface area contributed by atoms with E-state index in [1.165, 1.54) is 5.56 Å². The van der Waals surface area contributed by atoms with Crippen molar-refractivity contribution in [3.63, 3.8) is 0 Å². The fourth-order valence-corrected chi connectivity index (χ4v) is 2.92. The van der Waals surface area contributed by atoms with Gasteiger partial charge in [0.15, 0.2) is 0 Å². The molecule has 0 radical (unpaired) electrons. The zero-order chi connectivity index (χ0) is 14.2. The van der Waals surface area contributed by atoms with E-state index in [1.807, 2.05) is 35.0 Å². The quantitative estimate of drug-likeness (QED) is 0.730. The Morgan fingerprint density at radius 1 is 1.10 bits per heavy atom. The molecule has 104 valence electrons. The van der Waals surface area contributed by atoms with Crippen LogP contribution in [0.15, 0.2) is 43.0 Å². The number of aryl methyl sites for hydroxylation is 1. The highest BCUT2D eigenvalue weighted by Gasteiger charge is 2.20. The minimum atomic E-state index is 0.731. The number of fused-ring (bicyclic) bond motifs is 1. The van der Waals surface area contributed by atoms with Gasteiger partial charge in [0, 0.05) is 34.9 Å². The first-order valence-electron chi connectivity index (χ1n) is 7.05. The van der Waals surface area contributed by atoms with E-state index in [9.17, 15) is 0 Å². The molecule has 3 aromatic rings. The van der Waals surface area contributed by atoms with Crippen LogP contribution in [0.1, 0.15) is 17.7 Å². The average Bonchev–Trinajstić information content (AvgIpc) is 3.16. The summed E-state index contributed by atoms with van der Waals surface area (Å²) >= 11 is 0. The molecule has 0 saturated heterocycles. The molecule has 2 aromatic heterocycles. The van der Waals surface area contributed by atoms with E-state index in [-0.39, 0.29) is 0 Å². The largest absolute Gasteiger partial charge is 0.399 e. The fourth-order valence-electron chi connectivity index (χ4n) is 2.92. The van der Waals surface area contributed by atoms with Gasteiger partial charge in [0.1, 0.15) is 18.0 Å². The molecule has 0 fully saturated rings. The molecule has 2 heterocycles. The summed E-state index contributed by atoms with van der Waals surface area (Å²) in [5, 5.41) is 0. The third-order valence-electron chi connectivity index (χ3n) is 3.87. The zero-order valence-electron chi connectivity index (χ0n) is 11.5. The third-order valence-corrected chi connectivity index (χ3v) is 3.87. The van der Waals surface area contributed by atoms with Crippen LogP contribution in [0.5, 0.6) is 0 Å². The van der Waals surface area contributed by atoms with Crippen LogP contribution >= 0.6 is 0 Å². The van der Waals surface area contributed by atoms with Gasteiger partial charge in [-0.3, -0.25) is 4.57 Å². The molecule has 21 heavy (non-hydrogen) atoms. The second-order valence-electron chi connectivity index (χ2n) is 5.22. The van der Waals surface area contributed by atoms with Crippen molar-refractivity contribution in [1.82, 2.24) is 19.5 Å². The van der Waals surface area contributed by atoms with Gasteiger partial charge in [0.05, 0.1) is 0 Å². The summed E-state index contributed by atoms with van der Waals surface area (Å²) in [6.07, 6.45) is 8.58. The van der Waals surface area contributed by atoms with Gasteiger partial charge in [-0.2, -0.15) is 0 Å². The van der Waals surface area contributed by atoms with Crippen molar-refractivity contribution in [2.24, 2.45) is 0 Å². The van der Waals surface area contributed by atoms with Crippen molar-refractivity contribution >= 4 is 5.69 Å². The molecule has 0 saturated carbocycles. The number of anilines is 1. The van der Waals surface area contributed by atoms with E-state index in [4.69, 9.17) is 5.73 Å². The number of imidazole rings is 1. The number of nitrogens with zero attached hydrogens (tertiary/aromatic N) is 4. The number of nitrogen functional groups attached to an aromatic ring is 1. The molecule has 1 aliphatic carbocycles. The first-order chi connectivity index (χ1) is 10.3. The van der Waals surface area contributed by atoms with E-state index in [0.29, 0.717) is 0 Å². The molecular weight excluding hydrogens is 262 g/mol. The fraction of sp³-hybridized carbons (Fsp3) is 0.188. The Bertz CT molecular complexity index is 806. The standard InChI is InChI=1S/C16H15N5/c17-12-4-1-3-11(9-12)15-18-7-8-21(15)16-13-5-2-6-14(13)19-10-20-16/h1,3-4,7-10H,2,5-6,17H2. The summed E-state index contributed by atoms with van der Waals surface area (Å²) in [5.41, 5.74) is 10.00. The topological polar surface area (TPSA) is 69.6 Å². The predicted molar refractivity (Wildman–Crippen MR) is 81.0 cm³/mol. The second kappa shape index (κ2) is 4.70. The maximum atomic E-state index is 5.88. The number of benzene rings is 1. The van der Waals surface area contributed by atoms with E-state index >= 15 is 0 Å². The Balaban J connectivity index is 1.89. The minimum Gasteiger partial charge on any atom is -0.399 e. The van der Waals surface area contributed by atoms with Gasteiger partial charge in [-0.15, -0.1) is 0 Å². The summed E-state index contributed by atoms with van der Waals surface area (Å²) in [7, 11) is 0. The van der Waals surface area contributed by atoms with Crippen LogP contribution in [-0.2, 0) is 12.8 Å². The number of rotatable bonds is 2. The summed E-state index contributed by atoms with van der Waals surface area (Å²) in [4.78, 5) is 13.3. The number of hydrogen-bond acceptors (Lipinski definition) is 4. The van der Waals surface area contributed by atoms with Gasteiger partial charge in [-0.05, 0) is 31.4 Å². The molecule has 5 heteroatoms. The minimum absolute atomic E-state index is 0.731. The van der Waals surface area contributed by atoms with Gasteiger partial charge in [-0.25, -0.2) is 15.0 Å². The van der Waals surface area contributed by atoms with E-state index in [0.717, 1.165) is 47.8 Å². The molecule has 0 bridgehead atoms. The van der Waals surface area contributed by atoms with E-state index < -0.39 is 0 Å². The smallest absolute Gasteiger partial charge is 0.145 e. The first-order valence-corrected chi connectivity index (χ1v) is 7.05.